The van der Waals surface area contributed by atoms with Crippen LogP contribution in [0.1, 0.15) is 41.0 Å². The second-order valence-electron chi connectivity index (χ2n) is 6.25. The SMILES string of the molecule is CCCn1nc2ccccc2c1[P+](C)(N(CC)CC)N(CC)CC.[I-]. The van der Waals surface area contributed by atoms with E-state index in [4.69, 9.17) is 5.10 Å². The van der Waals surface area contributed by atoms with Crippen molar-refractivity contribution >= 4 is 23.9 Å². The summed E-state index contributed by atoms with van der Waals surface area (Å²) in [5, 5.41) is 6.30. The maximum Gasteiger partial charge on any atom is 0.224 e. The van der Waals surface area contributed by atoms with Crippen molar-refractivity contribution in [2.24, 2.45) is 0 Å². The average Bonchev–Trinajstić information content (AvgIpc) is 2.95. The lowest BCUT2D eigenvalue weighted by atomic mass is 10.3. The van der Waals surface area contributed by atoms with E-state index in [0.29, 0.717) is 0 Å². The Bertz CT molecular complexity index is 638. The Balaban J connectivity index is 0.00000312. The number of aryl methyl sites for hydroxylation is 1. The van der Waals surface area contributed by atoms with Gasteiger partial charge in [-0.1, -0.05) is 19.1 Å². The first-order chi connectivity index (χ1) is 11.6. The Hall–Kier alpha value is -0.230. The molecule has 0 amide bonds. The van der Waals surface area contributed by atoms with Crippen LogP contribution in [-0.2, 0) is 6.54 Å². The Morgan fingerprint density at radius 2 is 1.44 bits per heavy atom. The predicted molar refractivity (Wildman–Crippen MR) is 108 cm³/mol. The van der Waals surface area contributed by atoms with Gasteiger partial charge in [0.1, 0.15) is 0 Å². The van der Waals surface area contributed by atoms with Gasteiger partial charge in [0.15, 0.2) is 0 Å². The van der Waals surface area contributed by atoms with Crippen LogP contribution in [0.5, 0.6) is 0 Å². The third-order valence-electron chi connectivity index (χ3n) is 5.02. The van der Waals surface area contributed by atoms with Crippen LogP contribution in [0, 0.1) is 0 Å². The van der Waals surface area contributed by atoms with Gasteiger partial charge in [-0.15, -0.1) is 0 Å². The highest BCUT2D eigenvalue weighted by Crippen LogP contribution is 2.61. The summed E-state index contributed by atoms with van der Waals surface area (Å²) in [6, 6.07) is 8.66. The number of rotatable bonds is 9. The topological polar surface area (TPSA) is 24.3 Å². The zero-order chi connectivity index (χ0) is 17.7. The van der Waals surface area contributed by atoms with Crippen LogP contribution in [0.25, 0.3) is 10.9 Å². The van der Waals surface area contributed by atoms with Crippen molar-refractivity contribution < 1.29 is 24.0 Å². The van der Waals surface area contributed by atoms with Crippen molar-refractivity contribution in [2.45, 2.75) is 47.6 Å². The standard InChI is InChI=1S/C19H34N4P.HI/c1-7-16-23-19(17-14-12-13-15-18(17)20-23)24(6,21(8-2)9-3)22(10-4)11-5;/h12-15H,7-11,16H2,1-6H3;1H/q+1;/p-1. The molecule has 0 fully saturated rings. The summed E-state index contributed by atoms with van der Waals surface area (Å²) in [5.41, 5.74) is 2.58. The molecule has 0 bridgehead atoms. The van der Waals surface area contributed by atoms with Gasteiger partial charge in [-0.05, 0) is 46.2 Å². The molecule has 0 unspecified atom stereocenters. The summed E-state index contributed by atoms with van der Waals surface area (Å²) in [5.74, 6) is 0. The number of hydrogen-bond donors (Lipinski definition) is 0. The van der Waals surface area contributed by atoms with E-state index in [0.717, 1.165) is 44.7 Å². The van der Waals surface area contributed by atoms with Crippen molar-refractivity contribution in [1.82, 2.24) is 19.1 Å². The molecule has 2 rings (SSSR count). The van der Waals surface area contributed by atoms with Crippen LogP contribution < -0.4 is 29.4 Å². The molecule has 0 atom stereocenters. The first kappa shape index (κ1) is 22.8. The molecular weight excluding hydrogens is 442 g/mol. The van der Waals surface area contributed by atoms with E-state index in [1.165, 1.54) is 10.8 Å². The third-order valence-corrected chi connectivity index (χ3v) is 9.62. The first-order valence-electron chi connectivity index (χ1n) is 9.41. The van der Waals surface area contributed by atoms with Crippen LogP contribution in [0.3, 0.4) is 0 Å². The van der Waals surface area contributed by atoms with Crippen LogP contribution in [-0.4, -0.2) is 52.0 Å². The second-order valence-corrected chi connectivity index (χ2v) is 9.64. The molecule has 0 aliphatic rings. The summed E-state index contributed by atoms with van der Waals surface area (Å²) < 4.78 is 7.65. The number of aromatic nitrogens is 2. The predicted octanol–water partition coefficient (Wildman–Crippen LogP) is 1.24. The van der Waals surface area contributed by atoms with Gasteiger partial charge in [-0.25, -0.2) is 4.68 Å². The van der Waals surface area contributed by atoms with Crippen LogP contribution in [0.15, 0.2) is 24.3 Å². The molecule has 0 aliphatic carbocycles. The van der Waals surface area contributed by atoms with E-state index in [9.17, 15) is 0 Å². The van der Waals surface area contributed by atoms with Gasteiger partial charge >= 0.3 is 0 Å². The van der Waals surface area contributed by atoms with Crippen LogP contribution >= 0.6 is 7.56 Å². The Kier molecular flexibility index (Phi) is 9.30. The van der Waals surface area contributed by atoms with Crippen molar-refractivity contribution in [3.63, 3.8) is 0 Å². The fraction of sp³-hybridized carbons (Fsp3) is 0.632. The molecule has 0 spiro atoms. The summed E-state index contributed by atoms with van der Waals surface area (Å²) in [6.07, 6.45) is 1.11. The molecular formula is C19H34IN4P. The fourth-order valence-corrected chi connectivity index (χ4v) is 8.20. The summed E-state index contributed by atoms with van der Waals surface area (Å²) in [4.78, 5) is 0. The van der Waals surface area contributed by atoms with E-state index in [1.54, 1.807) is 0 Å². The molecule has 0 N–H and O–H groups in total. The molecule has 1 aromatic carbocycles. The normalized spacial score (nSPS) is 12.2. The molecule has 0 radical (unpaired) electrons. The quantitative estimate of drug-likeness (QED) is 0.402. The second kappa shape index (κ2) is 10.2. The molecule has 0 saturated carbocycles. The lowest BCUT2D eigenvalue weighted by Gasteiger charge is -2.39. The van der Waals surface area contributed by atoms with E-state index in [-0.39, 0.29) is 24.0 Å². The van der Waals surface area contributed by atoms with E-state index in [2.05, 4.69) is 79.6 Å². The van der Waals surface area contributed by atoms with Crippen molar-refractivity contribution in [1.29, 1.82) is 0 Å². The summed E-state index contributed by atoms with van der Waals surface area (Å²) in [6.45, 7) is 19.1. The minimum Gasteiger partial charge on any atom is -1.00 e. The zero-order valence-electron chi connectivity index (χ0n) is 16.7. The third kappa shape index (κ3) is 4.20. The number of halogens is 1. The van der Waals surface area contributed by atoms with Gasteiger partial charge in [-0.3, -0.25) is 0 Å². The maximum atomic E-state index is 4.96. The van der Waals surface area contributed by atoms with Crippen molar-refractivity contribution in [2.75, 3.05) is 32.8 Å². The number of hydrogen-bond acceptors (Lipinski definition) is 3. The number of benzene rings is 1. The average molecular weight is 476 g/mol. The molecule has 25 heavy (non-hydrogen) atoms. The van der Waals surface area contributed by atoms with Crippen molar-refractivity contribution in [3.05, 3.63) is 24.3 Å². The lowest BCUT2D eigenvalue weighted by molar-refractivity contribution is -0.00000564. The highest BCUT2D eigenvalue weighted by atomic mass is 127. The van der Waals surface area contributed by atoms with E-state index in [1.807, 2.05) is 0 Å². The van der Waals surface area contributed by atoms with Gasteiger partial charge < -0.3 is 24.0 Å². The minimum atomic E-state index is -1.64. The largest absolute Gasteiger partial charge is 1.00 e. The molecule has 1 aromatic heterocycles. The molecule has 142 valence electrons. The van der Waals surface area contributed by atoms with E-state index < -0.39 is 7.56 Å². The van der Waals surface area contributed by atoms with E-state index >= 15 is 0 Å². The maximum absolute atomic E-state index is 4.96. The summed E-state index contributed by atoms with van der Waals surface area (Å²) in [7, 11) is -1.64. The molecule has 6 heteroatoms. The van der Waals surface area contributed by atoms with Gasteiger partial charge in [0.05, 0.1) is 17.6 Å². The molecule has 2 aromatic rings. The molecule has 1 heterocycles. The van der Waals surface area contributed by atoms with Crippen molar-refractivity contribution in [3.8, 4) is 0 Å². The molecule has 0 saturated heterocycles. The minimum absolute atomic E-state index is 0. The van der Waals surface area contributed by atoms with Crippen LogP contribution in [0.2, 0.25) is 0 Å². The van der Waals surface area contributed by atoms with Gasteiger partial charge in [0.2, 0.25) is 13.0 Å². The van der Waals surface area contributed by atoms with Gasteiger partial charge in [0.25, 0.3) is 0 Å². The smallest absolute Gasteiger partial charge is 0.224 e. The Morgan fingerprint density at radius 1 is 0.920 bits per heavy atom. The number of nitrogens with zero attached hydrogens (tertiary/aromatic N) is 4. The highest BCUT2D eigenvalue weighted by molar-refractivity contribution is 7.78. The monoisotopic (exact) mass is 476 g/mol. The summed E-state index contributed by atoms with van der Waals surface area (Å²) >= 11 is 0. The highest BCUT2D eigenvalue weighted by Gasteiger charge is 2.50. The zero-order valence-corrected chi connectivity index (χ0v) is 19.7. The van der Waals surface area contributed by atoms with Gasteiger partial charge in [-0.2, -0.15) is 14.4 Å². The number of fused-ring (bicyclic) bond motifs is 1. The molecule has 0 aliphatic heterocycles. The van der Waals surface area contributed by atoms with Gasteiger partial charge in [0, 0.05) is 32.7 Å². The first-order valence-corrected chi connectivity index (χ1v) is 11.6. The fourth-order valence-electron chi connectivity index (χ4n) is 3.88. The Labute approximate surface area is 171 Å². The van der Waals surface area contributed by atoms with Crippen LogP contribution in [0.4, 0.5) is 0 Å². The Morgan fingerprint density at radius 3 is 1.92 bits per heavy atom. The lowest BCUT2D eigenvalue weighted by Crippen LogP contribution is -3.00. The molecule has 4 nitrogen and oxygen atoms in total.